The highest BCUT2D eigenvalue weighted by molar-refractivity contribution is 5.89. The molecule has 9 rings (SSSR count). The van der Waals surface area contributed by atoms with Gasteiger partial charge in [0.25, 0.3) is 0 Å². The van der Waals surface area contributed by atoms with Crippen LogP contribution in [0, 0.1) is 0 Å². The average molecular weight is 2030 g/mol. The average Bonchev–Trinajstić information content (AvgIpc) is 0.714. The van der Waals surface area contributed by atoms with Crippen LogP contribution < -0.4 is 9.47 Å². The van der Waals surface area contributed by atoms with Crippen molar-refractivity contribution in [3.05, 3.63) is 275 Å². The largest absolute Gasteiger partial charge is 0.489 e. The molecule has 8 aromatic rings. The molecule has 0 saturated heterocycles. The second-order valence-electron chi connectivity index (χ2n) is 32.3. The van der Waals surface area contributed by atoms with Gasteiger partial charge in [0.15, 0.2) is 48.8 Å². The minimum atomic E-state index is -1.65. The number of rotatable bonds is 46. The molecule has 0 spiro atoms. The summed E-state index contributed by atoms with van der Waals surface area (Å²) in [6.45, 7) is 12.1. The Morgan fingerprint density at radius 2 is 0.390 bits per heavy atom. The van der Waals surface area contributed by atoms with Crippen molar-refractivity contribution < 1.29 is 193 Å². The Morgan fingerprint density at radius 1 is 0.219 bits per heavy atom. The molecule has 1 fully saturated rings. The number of benzene rings is 8. The third kappa shape index (κ3) is 42.0. The Kier molecular flexibility index (Phi) is 51.6. The Bertz CT molecular complexity index is 5130. The van der Waals surface area contributed by atoms with E-state index < -0.39 is 206 Å². The van der Waals surface area contributed by atoms with Gasteiger partial charge in [-0.2, -0.15) is 0 Å². The zero-order valence-electron chi connectivity index (χ0n) is 82.3. The lowest BCUT2D eigenvalue weighted by Gasteiger charge is -2.53. The van der Waals surface area contributed by atoms with Crippen LogP contribution in [0.5, 0.6) is 11.5 Å². The second kappa shape index (κ2) is 62.5. The van der Waals surface area contributed by atoms with Crippen molar-refractivity contribution in [2.24, 2.45) is 0 Å². The molecule has 0 radical (unpaired) electrons. The van der Waals surface area contributed by atoms with Gasteiger partial charge in [-0.15, -0.1) is 0 Å². The van der Waals surface area contributed by atoms with Crippen LogP contribution in [0.15, 0.2) is 231 Å². The van der Waals surface area contributed by atoms with Crippen molar-refractivity contribution in [2.45, 2.75) is 204 Å². The number of aliphatic hydroxyl groups is 4. The fraction of sp³-hybridized carbons (Fsp3) is 0.358. The van der Waals surface area contributed by atoms with Crippen LogP contribution in [0.25, 0.3) is 24.3 Å². The topological polar surface area (TPSA) is 583 Å². The number of aliphatic carboxylic acids is 4. The predicted molar refractivity (Wildman–Crippen MR) is 516 cm³/mol. The number of carboxylic acids is 4. The van der Waals surface area contributed by atoms with Crippen LogP contribution in [0.1, 0.15) is 151 Å². The van der Waals surface area contributed by atoms with E-state index in [4.69, 9.17) is 87.5 Å². The summed E-state index contributed by atoms with van der Waals surface area (Å²) in [5.41, 5.74) is 9.61. The van der Waals surface area contributed by atoms with Crippen LogP contribution >= 0.6 is 0 Å². The van der Waals surface area contributed by atoms with Crippen molar-refractivity contribution in [2.75, 3.05) is 40.6 Å². The molecule has 40 nitrogen and oxygen atoms in total. The first-order valence-corrected chi connectivity index (χ1v) is 45.4. The van der Waals surface area contributed by atoms with E-state index in [0.717, 1.165) is 77.6 Å². The molecule has 146 heavy (non-hydrogen) atoms. The number of hydrogen-bond donors (Lipinski definition) is 8. The molecule has 0 aliphatic heterocycles. The lowest BCUT2D eigenvalue weighted by atomic mass is 9.49. The van der Waals surface area contributed by atoms with Gasteiger partial charge in [-0.05, 0) is 176 Å². The fourth-order valence-electron chi connectivity index (χ4n) is 12.6. The molecule has 784 valence electrons. The fourth-order valence-corrected chi connectivity index (χ4v) is 12.6. The van der Waals surface area contributed by atoms with Crippen molar-refractivity contribution in [3.63, 3.8) is 0 Å². The third-order valence-electron chi connectivity index (χ3n) is 20.5. The van der Waals surface area contributed by atoms with E-state index >= 15 is 0 Å². The molecule has 1 aliphatic carbocycles. The molecule has 8 N–H and O–H groups in total. The highest BCUT2D eigenvalue weighted by Gasteiger charge is 2.53. The molecule has 8 aromatic carbocycles. The highest BCUT2D eigenvalue weighted by Crippen LogP contribution is 2.66. The van der Waals surface area contributed by atoms with Gasteiger partial charge in [-0.25, -0.2) is 76.7 Å². The minimum absolute atomic E-state index is 0.348. The van der Waals surface area contributed by atoms with E-state index in [0.29, 0.717) is 35.2 Å². The first-order chi connectivity index (χ1) is 69.2. The second-order valence-corrected chi connectivity index (χ2v) is 32.3. The molecule has 0 aromatic heterocycles. The predicted octanol–water partition coefficient (Wildman–Crippen LogP) is 9.83. The summed E-state index contributed by atoms with van der Waals surface area (Å²) in [6, 6.07) is 77.4. The summed E-state index contributed by atoms with van der Waals surface area (Å²) in [7, 11) is 2.46. The number of carbonyl (C=O) groups is 16. The Hall–Kier alpha value is -15.9. The van der Waals surface area contributed by atoms with E-state index in [1.165, 1.54) is 64.2 Å². The number of carboxylic acid groups (broad SMARTS) is 4. The van der Waals surface area contributed by atoms with Crippen LogP contribution in [-0.2, 0) is 143 Å². The van der Waals surface area contributed by atoms with Crippen LogP contribution in [0.2, 0.25) is 0 Å². The number of hydrogen-bond acceptors (Lipinski definition) is 36. The summed E-state index contributed by atoms with van der Waals surface area (Å²) in [5.74, 6) is -16.1. The first-order valence-electron chi connectivity index (χ1n) is 45.4. The maximum atomic E-state index is 12.4. The van der Waals surface area contributed by atoms with E-state index in [2.05, 4.69) is 140 Å². The molecule has 0 heterocycles. The SMILES string of the molecule is CC(O)C(=O)OC(C)C(=O)OC(COc1ccc(/C=C/c2ccccc2)cc1)C(=O)OC(C)C(=O)O.CC(O)C(=O)OC(C)C(=O)OC(COc1ccc(/C=C/c2ccccc2)cc1)C(=O)OC(C)C(=O)O.COCC(OC(=O)C(C)OC(=O)C(C)O)C(=O)OC(C)C(=O)O.COCC(OC(=O)C(C)OC(=O)C(C)O)C(=O)OC(C)C(=O)O.c1ccc(C2C(c3ccccc3)C(c3ccccc3)C2c2ccccc2)cc1. The van der Waals surface area contributed by atoms with Crippen molar-refractivity contribution >= 4 is 120 Å². The third-order valence-corrected chi connectivity index (χ3v) is 20.5. The maximum absolute atomic E-state index is 12.4. The molecular formula is C106H120O40. The van der Waals surface area contributed by atoms with Gasteiger partial charge in [-0.1, -0.05) is 231 Å². The molecule has 1 saturated carbocycles. The van der Waals surface area contributed by atoms with E-state index in [-0.39, 0.29) is 13.2 Å². The molecule has 40 heteroatoms. The van der Waals surface area contributed by atoms with Crippen molar-refractivity contribution in [3.8, 4) is 11.5 Å². The Balaban J connectivity index is 0.000000325. The van der Waals surface area contributed by atoms with Crippen molar-refractivity contribution in [1.82, 2.24) is 0 Å². The summed E-state index contributed by atoms with van der Waals surface area (Å²) in [4.78, 5) is 185. The number of aliphatic hydroxyl groups excluding tert-OH is 4. The minimum Gasteiger partial charge on any atom is -0.489 e. The monoisotopic (exact) mass is 2030 g/mol. The molecular weight excluding hydrogens is 1910 g/mol. The van der Waals surface area contributed by atoms with E-state index in [1.54, 1.807) is 48.5 Å². The van der Waals surface area contributed by atoms with Gasteiger partial charge >= 0.3 is 95.5 Å². The van der Waals surface area contributed by atoms with Gasteiger partial charge in [0.2, 0.25) is 24.4 Å². The van der Waals surface area contributed by atoms with E-state index in [9.17, 15) is 86.9 Å². The van der Waals surface area contributed by atoms with Gasteiger partial charge in [-0.3, -0.25) is 0 Å². The highest BCUT2D eigenvalue weighted by atomic mass is 16.7. The quantitative estimate of drug-likeness (QED) is 0.00998. The van der Waals surface area contributed by atoms with Crippen LogP contribution in [0.4, 0.5) is 0 Å². The normalized spacial score (nSPS) is 16.5. The van der Waals surface area contributed by atoms with Gasteiger partial charge in [0, 0.05) is 14.2 Å². The number of carbonyl (C=O) groups excluding carboxylic acids is 12. The molecule has 0 amide bonds. The summed E-state index contributed by atoms with van der Waals surface area (Å²) in [5, 5.41) is 71.7. The van der Waals surface area contributed by atoms with Gasteiger partial charge in [0.05, 0.1) is 13.2 Å². The van der Waals surface area contributed by atoms with Gasteiger partial charge in [0.1, 0.15) is 49.1 Å². The van der Waals surface area contributed by atoms with Crippen LogP contribution in [-0.4, -0.2) is 275 Å². The molecule has 16 atom stereocenters. The summed E-state index contributed by atoms with van der Waals surface area (Å²) < 4.78 is 77.7. The first kappa shape index (κ1) is 121. The number of methoxy groups -OCH3 is 2. The zero-order chi connectivity index (χ0) is 108. The van der Waals surface area contributed by atoms with Gasteiger partial charge < -0.3 is 117 Å². The Morgan fingerprint density at radius 3 is 0.568 bits per heavy atom. The number of ether oxygens (including phenoxy) is 16. The summed E-state index contributed by atoms with van der Waals surface area (Å²) in [6.07, 6.45) is -16.0. The van der Waals surface area contributed by atoms with Crippen LogP contribution in [0.3, 0.4) is 0 Å². The Labute approximate surface area is 840 Å². The lowest BCUT2D eigenvalue weighted by molar-refractivity contribution is -0.186. The number of esters is 12. The molecule has 1 aliphatic rings. The lowest BCUT2D eigenvalue weighted by Crippen LogP contribution is -2.41. The standard InChI is InChI=1S/C28H24.2C26H28O10.2C13H20O10/c1-5-13-21(14-6-1)25-26(22-15-7-2-8-16-22)28(24-19-11-4-12-20-24)27(25)23-17-9-3-10-18-23;2*1-16(27)24(30)35-18(3)25(31)36-22(26(32)34-17(2)23(28)29)15-33-21-13-11-20(12-14-21)10-9-19-7-5-4-6-8-19;2*1-6(14)11(17)22-8(3)12(18)23-9(5-20-4)13(19)21-7(2)10(15)16/h1-20,25-28H;2*4-14,16-18,22,27H,15H2,1-3H3,(H,28,29);2*6-9,14H,5H2,1-4H3,(H,15,16)/b;2*10-9+;;. The van der Waals surface area contributed by atoms with Crippen molar-refractivity contribution in [1.29, 1.82) is 0 Å². The maximum Gasteiger partial charge on any atom is 0.351 e. The molecule has 16 unspecified atom stereocenters. The summed E-state index contributed by atoms with van der Waals surface area (Å²) >= 11 is 0. The molecule has 0 bridgehead atoms. The van der Waals surface area contributed by atoms with E-state index in [1.807, 2.05) is 85.0 Å². The smallest absolute Gasteiger partial charge is 0.351 e. The zero-order valence-corrected chi connectivity index (χ0v) is 82.3.